The second kappa shape index (κ2) is 6.30. The molecule has 1 aliphatic rings. The minimum Gasteiger partial charge on any atom is -0.396 e. The van der Waals surface area contributed by atoms with Gasteiger partial charge >= 0.3 is 0 Å². The normalized spacial score (nSPS) is 22.2. The molecule has 21 heavy (non-hydrogen) atoms. The average Bonchev–Trinajstić information content (AvgIpc) is 2.47. The van der Waals surface area contributed by atoms with Crippen LogP contribution in [-0.2, 0) is 10.0 Å². The van der Waals surface area contributed by atoms with Gasteiger partial charge in [-0.05, 0) is 37.8 Å². The Hall–Kier alpha value is -1.17. The third-order valence-electron chi connectivity index (χ3n) is 4.12. The van der Waals surface area contributed by atoms with E-state index in [0.717, 1.165) is 17.6 Å². The number of rotatable bonds is 4. The van der Waals surface area contributed by atoms with Crippen molar-refractivity contribution in [1.29, 1.82) is 0 Å². The van der Waals surface area contributed by atoms with Crippen LogP contribution < -0.4 is 0 Å². The van der Waals surface area contributed by atoms with Crippen LogP contribution in [0.4, 0.5) is 0 Å². The number of hydrogen-bond acceptors (Lipinski definition) is 3. The molecule has 0 amide bonds. The fraction of sp³-hybridized carbons (Fsp3) is 0.500. The Bertz CT molecular complexity index is 607. The highest BCUT2D eigenvalue weighted by Gasteiger charge is 2.37. The molecule has 0 aliphatic carbocycles. The van der Waals surface area contributed by atoms with Gasteiger partial charge in [-0.1, -0.05) is 36.8 Å². The van der Waals surface area contributed by atoms with Crippen molar-refractivity contribution in [3.8, 4) is 0 Å². The first-order valence-electron chi connectivity index (χ1n) is 7.22. The van der Waals surface area contributed by atoms with E-state index < -0.39 is 10.0 Å². The van der Waals surface area contributed by atoms with Crippen LogP contribution in [-0.4, -0.2) is 37.0 Å². The number of sulfonamides is 1. The van der Waals surface area contributed by atoms with Crippen molar-refractivity contribution < 1.29 is 13.5 Å². The summed E-state index contributed by atoms with van der Waals surface area (Å²) in [4.78, 5) is 0.304. The molecule has 0 saturated carbocycles. The first-order valence-corrected chi connectivity index (χ1v) is 8.66. The Kier molecular flexibility index (Phi) is 4.86. The predicted octanol–water partition coefficient (Wildman–Crippen LogP) is 2.33. The zero-order chi connectivity index (χ0) is 15.6. The van der Waals surface area contributed by atoms with E-state index in [1.807, 2.05) is 13.8 Å². The number of aliphatic hydroxyl groups excluding tert-OH is 1. The highest BCUT2D eigenvalue weighted by atomic mass is 32.2. The van der Waals surface area contributed by atoms with Gasteiger partial charge in [0.2, 0.25) is 10.0 Å². The van der Waals surface area contributed by atoms with Gasteiger partial charge in [0.25, 0.3) is 0 Å². The molecular weight excluding hydrogens is 286 g/mol. The summed E-state index contributed by atoms with van der Waals surface area (Å²) in [6.07, 6.45) is 1.53. The lowest BCUT2D eigenvalue weighted by atomic mass is 9.92. The number of aliphatic hydroxyl groups is 1. The monoisotopic (exact) mass is 309 g/mol. The molecule has 5 heteroatoms. The summed E-state index contributed by atoms with van der Waals surface area (Å²) in [5.74, 6) is -0.0849. The highest BCUT2D eigenvalue weighted by molar-refractivity contribution is 7.89. The molecule has 116 valence electrons. The molecule has 0 aromatic heterocycles. The molecule has 1 heterocycles. The van der Waals surface area contributed by atoms with Gasteiger partial charge < -0.3 is 5.11 Å². The summed E-state index contributed by atoms with van der Waals surface area (Å²) in [7, 11) is -3.55. The Balaban J connectivity index is 2.38. The fourth-order valence-electron chi connectivity index (χ4n) is 2.71. The molecule has 1 aromatic rings. The van der Waals surface area contributed by atoms with Crippen LogP contribution in [0.5, 0.6) is 0 Å². The van der Waals surface area contributed by atoms with Crippen molar-refractivity contribution in [2.45, 2.75) is 37.6 Å². The van der Waals surface area contributed by atoms with Crippen LogP contribution in [0.2, 0.25) is 0 Å². The highest BCUT2D eigenvalue weighted by Crippen LogP contribution is 2.31. The van der Waals surface area contributed by atoms with E-state index in [1.165, 1.54) is 4.31 Å². The molecule has 1 aliphatic heterocycles. The quantitative estimate of drug-likeness (QED) is 0.869. The summed E-state index contributed by atoms with van der Waals surface area (Å²) in [5, 5.41) is 9.40. The number of aryl methyl sites for hydroxylation is 1. The zero-order valence-electron chi connectivity index (χ0n) is 12.6. The van der Waals surface area contributed by atoms with Gasteiger partial charge in [-0.3, -0.25) is 0 Å². The predicted molar refractivity (Wildman–Crippen MR) is 83.5 cm³/mol. The summed E-state index contributed by atoms with van der Waals surface area (Å²) in [6.45, 7) is 8.07. The Morgan fingerprint density at radius 3 is 2.57 bits per heavy atom. The largest absolute Gasteiger partial charge is 0.396 e. The van der Waals surface area contributed by atoms with Gasteiger partial charge in [0.15, 0.2) is 0 Å². The lowest BCUT2D eigenvalue weighted by Crippen LogP contribution is -2.48. The second-order valence-corrected chi connectivity index (χ2v) is 7.77. The smallest absolute Gasteiger partial charge is 0.243 e. The zero-order valence-corrected chi connectivity index (χ0v) is 13.4. The molecule has 4 nitrogen and oxygen atoms in total. The van der Waals surface area contributed by atoms with Crippen LogP contribution >= 0.6 is 0 Å². The molecule has 2 atom stereocenters. The van der Waals surface area contributed by atoms with Crippen molar-refractivity contribution in [1.82, 2.24) is 4.31 Å². The van der Waals surface area contributed by atoms with E-state index >= 15 is 0 Å². The van der Waals surface area contributed by atoms with Gasteiger partial charge in [0, 0.05) is 19.2 Å². The lowest BCUT2D eigenvalue weighted by Gasteiger charge is -2.38. The molecule has 1 fully saturated rings. The van der Waals surface area contributed by atoms with Crippen LogP contribution in [0, 0.1) is 12.8 Å². The number of benzene rings is 1. The Morgan fingerprint density at radius 1 is 1.38 bits per heavy atom. The Morgan fingerprint density at radius 2 is 2.00 bits per heavy atom. The van der Waals surface area contributed by atoms with E-state index in [0.29, 0.717) is 17.9 Å². The van der Waals surface area contributed by atoms with E-state index in [9.17, 15) is 13.5 Å². The SMILES string of the molecule is C=C1CC[C@@H]([C@H](C)CO)N(S(=O)(=O)c2ccc(C)cc2)C1. The number of hydrogen-bond donors (Lipinski definition) is 1. The summed E-state index contributed by atoms with van der Waals surface area (Å²) in [5.41, 5.74) is 1.95. The topological polar surface area (TPSA) is 57.6 Å². The molecule has 1 N–H and O–H groups in total. The molecule has 0 spiro atoms. The van der Waals surface area contributed by atoms with E-state index in [1.54, 1.807) is 24.3 Å². The molecule has 1 aromatic carbocycles. The first-order chi connectivity index (χ1) is 9.86. The second-order valence-electron chi connectivity index (χ2n) is 5.88. The first kappa shape index (κ1) is 16.2. The van der Waals surface area contributed by atoms with Crippen molar-refractivity contribution in [2.24, 2.45) is 5.92 Å². The molecule has 2 rings (SSSR count). The molecule has 1 saturated heterocycles. The maximum Gasteiger partial charge on any atom is 0.243 e. The molecular formula is C16H23NO3S. The van der Waals surface area contributed by atoms with Crippen molar-refractivity contribution in [3.05, 3.63) is 42.0 Å². The summed E-state index contributed by atoms with van der Waals surface area (Å²) in [6, 6.07) is 6.71. The van der Waals surface area contributed by atoms with Gasteiger partial charge in [0.1, 0.15) is 0 Å². The fourth-order valence-corrected chi connectivity index (χ4v) is 4.48. The van der Waals surface area contributed by atoms with Crippen LogP contribution in [0.1, 0.15) is 25.3 Å². The van der Waals surface area contributed by atoms with E-state index in [2.05, 4.69) is 6.58 Å². The van der Waals surface area contributed by atoms with Crippen molar-refractivity contribution >= 4 is 10.0 Å². The van der Waals surface area contributed by atoms with Crippen molar-refractivity contribution in [3.63, 3.8) is 0 Å². The van der Waals surface area contributed by atoms with Crippen LogP contribution in [0.25, 0.3) is 0 Å². The molecule has 0 radical (unpaired) electrons. The maximum atomic E-state index is 12.9. The summed E-state index contributed by atoms with van der Waals surface area (Å²) >= 11 is 0. The van der Waals surface area contributed by atoms with Gasteiger partial charge in [0.05, 0.1) is 4.90 Å². The van der Waals surface area contributed by atoms with Crippen LogP contribution in [0.15, 0.2) is 41.3 Å². The maximum absolute atomic E-state index is 12.9. The van der Waals surface area contributed by atoms with Gasteiger partial charge in [-0.15, -0.1) is 0 Å². The minimum absolute atomic E-state index is 0.0168. The van der Waals surface area contributed by atoms with Gasteiger partial charge in [-0.2, -0.15) is 4.31 Å². The Labute approximate surface area is 127 Å². The molecule has 0 bridgehead atoms. The van der Waals surface area contributed by atoms with Crippen LogP contribution in [0.3, 0.4) is 0 Å². The van der Waals surface area contributed by atoms with Crippen molar-refractivity contribution in [2.75, 3.05) is 13.2 Å². The van der Waals surface area contributed by atoms with E-state index in [-0.39, 0.29) is 18.6 Å². The minimum atomic E-state index is -3.55. The number of piperidine rings is 1. The van der Waals surface area contributed by atoms with E-state index in [4.69, 9.17) is 0 Å². The summed E-state index contributed by atoms with van der Waals surface area (Å²) < 4.78 is 27.3. The third kappa shape index (κ3) is 3.36. The standard InChI is InChI=1S/C16H23NO3S/c1-12-4-7-15(8-5-12)21(19,20)17-10-13(2)6-9-16(17)14(3)11-18/h4-5,7-8,14,16,18H,2,6,9-11H2,1,3H3/t14-,16+/m1/s1. The lowest BCUT2D eigenvalue weighted by molar-refractivity contribution is 0.148. The molecule has 0 unspecified atom stereocenters. The number of nitrogens with zero attached hydrogens (tertiary/aromatic N) is 1. The van der Waals surface area contributed by atoms with Gasteiger partial charge in [-0.25, -0.2) is 8.42 Å². The third-order valence-corrected chi connectivity index (χ3v) is 6.00. The average molecular weight is 309 g/mol.